The van der Waals surface area contributed by atoms with Gasteiger partial charge in [-0.05, 0) is 13.8 Å². The molecule has 0 heterocycles. The second-order valence-corrected chi connectivity index (χ2v) is 5.58. The van der Waals surface area contributed by atoms with Crippen molar-refractivity contribution in [1.29, 1.82) is 0 Å². The summed E-state index contributed by atoms with van der Waals surface area (Å²) in [6.07, 6.45) is 2.70. The van der Waals surface area contributed by atoms with Gasteiger partial charge in [0.05, 0.1) is 31.2 Å². The van der Waals surface area contributed by atoms with Crippen LogP contribution in [0.15, 0.2) is 25.7 Å². The highest BCUT2D eigenvalue weighted by Crippen LogP contribution is 2.22. The van der Waals surface area contributed by atoms with E-state index in [1.807, 2.05) is 13.8 Å². The Balaban J connectivity index is 4.22. The van der Waals surface area contributed by atoms with Crippen molar-refractivity contribution in [2.24, 2.45) is 10.8 Å². The van der Waals surface area contributed by atoms with Crippen LogP contribution in [0.5, 0.6) is 0 Å². The number of rotatable bonds is 9. The largest absolute Gasteiger partial charge is 0.501 e. The van der Waals surface area contributed by atoms with Gasteiger partial charge in [-0.1, -0.05) is 27.0 Å². The second-order valence-electron chi connectivity index (χ2n) is 5.58. The molecule has 0 aliphatic carbocycles. The Kier molecular flexibility index (Phi) is 6.52. The van der Waals surface area contributed by atoms with E-state index in [1.165, 1.54) is 12.5 Å². The van der Waals surface area contributed by atoms with E-state index in [9.17, 15) is 4.79 Å². The van der Waals surface area contributed by atoms with Crippen LogP contribution < -0.4 is 0 Å². The third-order valence-corrected chi connectivity index (χ3v) is 2.30. The molecular weight excluding hydrogens is 232 g/mol. The molecule has 0 amide bonds. The van der Waals surface area contributed by atoms with Crippen molar-refractivity contribution in [3.8, 4) is 0 Å². The molecule has 0 spiro atoms. The van der Waals surface area contributed by atoms with Crippen molar-refractivity contribution in [3.63, 3.8) is 0 Å². The van der Waals surface area contributed by atoms with Gasteiger partial charge in [0.15, 0.2) is 0 Å². The fourth-order valence-corrected chi connectivity index (χ4v) is 1.11. The molecule has 0 fully saturated rings. The molecule has 4 heteroatoms. The standard InChI is InChI=1S/C14H24O4/c1-7-16-9-13(3,4)10-18-12(15)14(5,6)11-17-8-2/h7-8H,1-2,9-11H2,3-6H3. The van der Waals surface area contributed by atoms with Crippen molar-refractivity contribution in [1.82, 2.24) is 0 Å². The second kappa shape index (κ2) is 7.09. The van der Waals surface area contributed by atoms with Crippen molar-refractivity contribution in [2.45, 2.75) is 27.7 Å². The van der Waals surface area contributed by atoms with Gasteiger partial charge in [0.25, 0.3) is 0 Å². The van der Waals surface area contributed by atoms with Gasteiger partial charge in [-0.15, -0.1) is 0 Å². The van der Waals surface area contributed by atoms with E-state index < -0.39 is 5.41 Å². The Morgan fingerprint density at radius 1 is 1.00 bits per heavy atom. The summed E-state index contributed by atoms with van der Waals surface area (Å²) in [5.41, 5.74) is -0.942. The minimum atomic E-state index is -0.691. The fourth-order valence-electron chi connectivity index (χ4n) is 1.11. The lowest BCUT2D eigenvalue weighted by Gasteiger charge is -2.27. The summed E-state index contributed by atoms with van der Waals surface area (Å²) in [5.74, 6) is -0.295. The molecule has 0 rings (SSSR count). The molecule has 0 atom stereocenters. The van der Waals surface area contributed by atoms with E-state index in [0.29, 0.717) is 6.61 Å². The van der Waals surface area contributed by atoms with Crippen LogP contribution in [0.4, 0.5) is 0 Å². The molecule has 104 valence electrons. The molecule has 0 saturated carbocycles. The summed E-state index contributed by atoms with van der Waals surface area (Å²) in [6, 6.07) is 0. The fraction of sp³-hybridized carbons (Fsp3) is 0.643. The molecule has 0 N–H and O–H groups in total. The molecule has 0 bridgehead atoms. The zero-order chi connectivity index (χ0) is 14.2. The minimum Gasteiger partial charge on any atom is -0.501 e. The molecule has 0 aliphatic rings. The topological polar surface area (TPSA) is 44.8 Å². The van der Waals surface area contributed by atoms with E-state index in [0.717, 1.165) is 0 Å². The van der Waals surface area contributed by atoms with E-state index in [4.69, 9.17) is 14.2 Å². The average molecular weight is 256 g/mol. The maximum absolute atomic E-state index is 11.9. The monoisotopic (exact) mass is 256 g/mol. The maximum atomic E-state index is 11.9. The van der Waals surface area contributed by atoms with Gasteiger partial charge in [-0.25, -0.2) is 0 Å². The number of hydrogen-bond donors (Lipinski definition) is 0. The van der Waals surface area contributed by atoms with Crippen molar-refractivity contribution < 1.29 is 19.0 Å². The Bertz CT molecular complexity index is 292. The Labute approximate surface area is 110 Å². The first-order valence-corrected chi connectivity index (χ1v) is 5.87. The third kappa shape index (κ3) is 6.33. The van der Waals surface area contributed by atoms with E-state index in [1.54, 1.807) is 13.8 Å². The summed E-state index contributed by atoms with van der Waals surface area (Å²) in [5, 5.41) is 0. The van der Waals surface area contributed by atoms with Gasteiger partial charge in [-0.3, -0.25) is 4.79 Å². The number of carbonyl (C=O) groups excluding carboxylic acids is 1. The zero-order valence-electron chi connectivity index (χ0n) is 11.8. The Hall–Kier alpha value is -1.45. The van der Waals surface area contributed by atoms with E-state index in [2.05, 4.69) is 13.2 Å². The van der Waals surface area contributed by atoms with Crippen LogP contribution in [0.1, 0.15) is 27.7 Å². The van der Waals surface area contributed by atoms with Crippen LogP contribution in [-0.2, 0) is 19.0 Å². The Morgan fingerprint density at radius 3 is 2.00 bits per heavy atom. The van der Waals surface area contributed by atoms with Crippen LogP contribution in [0.3, 0.4) is 0 Å². The summed E-state index contributed by atoms with van der Waals surface area (Å²) in [6.45, 7) is 15.4. The summed E-state index contributed by atoms with van der Waals surface area (Å²) >= 11 is 0. The van der Waals surface area contributed by atoms with Crippen molar-refractivity contribution in [3.05, 3.63) is 25.7 Å². The lowest BCUT2D eigenvalue weighted by Crippen LogP contribution is -2.35. The van der Waals surface area contributed by atoms with Crippen LogP contribution in [0.25, 0.3) is 0 Å². The normalized spacial score (nSPS) is 11.6. The molecule has 0 radical (unpaired) electrons. The first-order chi connectivity index (χ1) is 8.25. The quantitative estimate of drug-likeness (QED) is 0.470. The third-order valence-electron chi connectivity index (χ3n) is 2.30. The van der Waals surface area contributed by atoms with E-state index >= 15 is 0 Å². The van der Waals surface area contributed by atoms with Gasteiger partial charge in [0.1, 0.15) is 6.61 Å². The van der Waals surface area contributed by atoms with Gasteiger partial charge in [0.2, 0.25) is 0 Å². The maximum Gasteiger partial charge on any atom is 0.315 e. The van der Waals surface area contributed by atoms with Crippen LogP contribution in [-0.4, -0.2) is 25.8 Å². The molecular formula is C14H24O4. The molecule has 0 aliphatic heterocycles. The van der Waals surface area contributed by atoms with E-state index in [-0.39, 0.29) is 24.6 Å². The lowest BCUT2D eigenvalue weighted by molar-refractivity contribution is -0.160. The minimum absolute atomic E-state index is 0.249. The highest BCUT2D eigenvalue weighted by Gasteiger charge is 2.32. The summed E-state index contributed by atoms with van der Waals surface area (Å²) in [4.78, 5) is 11.9. The van der Waals surface area contributed by atoms with Gasteiger partial charge >= 0.3 is 5.97 Å². The van der Waals surface area contributed by atoms with Crippen LogP contribution in [0.2, 0.25) is 0 Å². The molecule has 4 nitrogen and oxygen atoms in total. The number of esters is 1. The van der Waals surface area contributed by atoms with Gasteiger partial charge < -0.3 is 14.2 Å². The predicted octanol–water partition coefficient (Wildman–Crippen LogP) is 2.90. The number of carbonyl (C=O) groups is 1. The predicted molar refractivity (Wildman–Crippen MR) is 70.8 cm³/mol. The molecule has 0 saturated heterocycles. The number of ether oxygens (including phenoxy) is 3. The zero-order valence-corrected chi connectivity index (χ0v) is 11.8. The SMILES string of the molecule is C=COCC(C)(C)COC(=O)C(C)(C)COC=C. The van der Waals surface area contributed by atoms with Crippen LogP contribution in [0, 0.1) is 10.8 Å². The molecule has 0 aromatic rings. The molecule has 0 aromatic carbocycles. The van der Waals surface area contributed by atoms with Crippen molar-refractivity contribution in [2.75, 3.05) is 19.8 Å². The first-order valence-electron chi connectivity index (χ1n) is 5.87. The highest BCUT2D eigenvalue weighted by molar-refractivity contribution is 5.76. The first kappa shape index (κ1) is 16.6. The Morgan fingerprint density at radius 2 is 1.50 bits per heavy atom. The van der Waals surface area contributed by atoms with Crippen LogP contribution >= 0.6 is 0 Å². The molecule has 0 unspecified atom stereocenters. The average Bonchev–Trinajstić information content (AvgIpc) is 2.31. The van der Waals surface area contributed by atoms with Gasteiger partial charge in [-0.2, -0.15) is 0 Å². The molecule has 0 aromatic heterocycles. The highest BCUT2D eigenvalue weighted by atomic mass is 16.5. The number of hydrogen-bond acceptors (Lipinski definition) is 4. The molecule has 18 heavy (non-hydrogen) atoms. The van der Waals surface area contributed by atoms with Crippen molar-refractivity contribution >= 4 is 5.97 Å². The summed E-state index contributed by atoms with van der Waals surface area (Å²) < 4.78 is 15.5. The lowest BCUT2D eigenvalue weighted by atomic mass is 9.94. The van der Waals surface area contributed by atoms with Gasteiger partial charge in [0, 0.05) is 5.41 Å². The summed E-state index contributed by atoms with van der Waals surface area (Å²) in [7, 11) is 0. The smallest absolute Gasteiger partial charge is 0.315 e.